The largest absolute Gasteiger partial charge is 0.470 e. The van der Waals surface area contributed by atoms with Crippen LogP contribution in [0.1, 0.15) is 28.6 Å². The number of hydrogen-bond donors (Lipinski definition) is 1. The van der Waals surface area contributed by atoms with Crippen LogP contribution in [0.3, 0.4) is 0 Å². The van der Waals surface area contributed by atoms with Crippen molar-refractivity contribution in [3.63, 3.8) is 0 Å². The Morgan fingerprint density at radius 3 is 2.89 bits per heavy atom. The Bertz CT molecular complexity index is 577. The molecular weight excluding hydrogens is 230 g/mol. The van der Waals surface area contributed by atoms with Gasteiger partial charge in [0.1, 0.15) is 6.10 Å². The van der Waals surface area contributed by atoms with Crippen LogP contribution in [0.15, 0.2) is 36.4 Å². The number of carbonyl (C=O) groups excluding carboxylic acids is 1. The summed E-state index contributed by atoms with van der Waals surface area (Å²) < 4.78 is 7.52. The van der Waals surface area contributed by atoms with Crippen LogP contribution in [0.2, 0.25) is 0 Å². The Hall–Kier alpha value is -2.30. The maximum atomic E-state index is 11.1. The first-order valence-corrected chi connectivity index (χ1v) is 5.83. The SMILES string of the molecule is NC(=O)c1cc2n(n1)CCC(c1ccccc1)O2. The lowest BCUT2D eigenvalue weighted by Crippen LogP contribution is -2.19. The van der Waals surface area contributed by atoms with Gasteiger partial charge in [-0.05, 0) is 5.56 Å². The molecule has 3 rings (SSSR count). The van der Waals surface area contributed by atoms with Gasteiger partial charge < -0.3 is 10.5 Å². The highest BCUT2D eigenvalue weighted by Crippen LogP contribution is 2.30. The molecule has 18 heavy (non-hydrogen) atoms. The summed E-state index contributed by atoms with van der Waals surface area (Å²) in [6.45, 7) is 0.724. The third-order valence-corrected chi connectivity index (χ3v) is 3.03. The zero-order chi connectivity index (χ0) is 12.5. The van der Waals surface area contributed by atoms with E-state index in [1.807, 2.05) is 30.3 Å². The molecule has 0 saturated carbocycles. The first-order chi connectivity index (χ1) is 8.74. The number of nitrogens with zero attached hydrogens (tertiary/aromatic N) is 2. The number of carbonyl (C=O) groups is 1. The minimum absolute atomic E-state index is 0.0103. The molecule has 1 aliphatic heterocycles. The van der Waals surface area contributed by atoms with Crippen LogP contribution in [0.25, 0.3) is 0 Å². The normalized spacial score (nSPS) is 17.9. The molecule has 5 heteroatoms. The third kappa shape index (κ3) is 1.84. The molecule has 2 N–H and O–H groups in total. The fraction of sp³-hybridized carbons (Fsp3) is 0.231. The summed E-state index contributed by atoms with van der Waals surface area (Å²) in [7, 11) is 0. The number of nitrogens with two attached hydrogens (primary N) is 1. The topological polar surface area (TPSA) is 70.1 Å². The van der Waals surface area contributed by atoms with Gasteiger partial charge in [-0.15, -0.1) is 0 Å². The van der Waals surface area contributed by atoms with Gasteiger partial charge in [0.05, 0.1) is 0 Å². The average molecular weight is 243 g/mol. The smallest absolute Gasteiger partial charge is 0.269 e. The molecule has 0 spiro atoms. The van der Waals surface area contributed by atoms with Crippen molar-refractivity contribution < 1.29 is 9.53 Å². The van der Waals surface area contributed by atoms with Crippen molar-refractivity contribution in [3.8, 4) is 5.88 Å². The Balaban J connectivity index is 1.87. The summed E-state index contributed by atoms with van der Waals surface area (Å²) in [5.41, 5.74) is 6.58. The maximum Gasteiger partial charge on any atom is 0.269 e. The first-order valence-electron chi connectivity index (χ1n) is 5.83. The van der Waals surface area contributed by atoms with E-state index in [0.717, 1.165) is 18.5 Å². The second-order valence-electron chi connectivity index (χ2n) is 4.26. The Labute approximate surface area is 104 Å². The summed E-state index contributed by atoms with van der Waals surface area (Å²) >= 11 is 0. The maximum absolute atomic E-state index is 11.1. The molecule has 0 fully saturated rings. The lowest BCUT2D eigenvalue weighted by Gasteiger charge is -2.24. The highest BCUT2D eigenvalue weighted by molar-refractivity contribution is 5.91. The van der Waals surface area contributed by atoms with Gasteiger partial charge in [-0.25, -0.2) is 4.68 Å². The third-order valence-electron chi connectivity index (χ3n) is 3.03. The van der Waals surface area contributed by atoms with Gasteiger partial charge >= 0.3 is 0 Å². The van der Waals surface area contributed by atoms with Gasteiger partial charge in [-0.1, -0.05) is 30.3 Å². The number of benzene rings is 1. The minimum atomic E-state index is -0.531. The lowest BCUT2D eigenvalue weighted by atomic mass is 10.1. The van der Waals surface area contributed by atoms with Gasteiger partial charge in [0, 0.05) is 19.0 Å². The van der Waals surface area contributed by atoms with E-state index >= 15 is 0 Å². The summed E-state index contributed by atoms with van der Waals surface area (Å²) in [6.07, 6.45) is 0.841. The monoisotopic (exact) mass is 243 g/mol. The van der Waals surface area contributed by atoms with E-state index < -0.39 is 5.91 Å². The van der Waals surface area contributed by atoms with E-state index in [0.29, 0.717) is 5.88 Å². The van der Waals surface area contributed by atoms with Crippen LogP contribution in [0.5, 0.6) is 5.88 Å². The summed E-state index contributed by atoms with van der Waals surface area (Å²) in [4.78, 5) is 11.1. The molecule has 2 heterocycles. The summed E-state index contributed by atoms with van der Waals surface area (Å²) in [5.74, 6) is 0.0701. The molecule has 2 aromatic rings. The number of ether oxygens (including phenoxy) is 1. The zero-order valence-electron chi connectivity index (χ0n) is 9.74. The molecule has 1 amide bonds. The molecule has 0 radical (unpaired) electrons. The van der Waals surface area contributed by atoms with Gasteiger partial charge in [-0.2, -0.15) is 5.10 Å². The van der Waals surface area contributed by atoms with Crippen LogP contribution >= 0.6 is 0 Å². The number of aromatic nitrogens is 2. The van der Waals surface area contributed by atoms with Gasteiger partial charge in [0.15, 0.2) is 5.69 Å². The number of rotatable bonds is 2. The van der Waals surface area contributed by atoms with Gasteiger partial charge in [-0.3, -0.25) is 4.79 Å². The molecule has 1 unspecified atom stereocenters. The van der Waals surface area contributed by atoms with Crippen molar-refractivity contribution in [1.29, 1.82) is 0 Å². The molecule has 0 aliphatic carbocycles. The molecular formula is C13H13N3O2. The molecule has 1 aromatic carbocycles. The molecule has 92 valence electrons. The number of fused-ring (bicyclic) bond motifs is 1. The van der Waals surface area contributed by atoms with E-state index in [1.54, 1.807) is 10.7 Å². The fourth-order valence-corrected chi connectivity index (χ4v) is 2.12. The van der Waals surface area contributed by atoms with Crippen molar-refractivity contribution in [2.24, 2.45) is 5.73 Å². The van der Waals surface area contributed by atoms with Crippen molar-refractivity contribution in [1.82, 2.24) is 9.78 Å². The van der Waals surface area contributed by atoms with Crippen molar-refractivity contribution >= 4 is 5.91 Å². The van der Waals surface area contributed by atoms with E-state index in [4.69, 9.17) is 10.5 Å². The standard InChI is InChI=1S/C13H13N3O2/c14-13(17)10-8-12-16(15-10)7-6-11(18-12)9-4-2-1-3-5-9/h1-5,8,11H,6-7H2,(H2,14,17). The minimum Gasteiger partial charge on any atom is -0.470 e. The van der Waals surface area contributed by atoms with Crippen LogP contribution in [-0.4, -0.2) is 15.7 Å². The van der Waals surface area contributed by atoms with Crippen molar-refractivity contribution in [2.45, 2.75) is 19.1 Å². The lowest BCUT2D eigenvalue weighted by molar-refractivity contribution is 0.0994. The first kappa shape index (κ1) is 10.8. The fourth-order valence-electron chi connectivity index (χ4n) is 2.12. The van der Waals surface area contributed by atoms with E-state index in [-0.39, 0.29) is 11.8 Å². The molecule has 1 aliphatic rings. The Morgan fingerprint density at radius 1 is 1.39 bits per heavy atom. The summed E-state index contributed by atoms with van der Waals surface area (Å²) in [6, 6.07) is 11.6. The number of amides is 1. The summed E-state index contributed by atoms with van der Waals surface area (Å²) in [5, 5.41) is 4.10. The number of aryl methyl sites for hydroxylation is 1. The van der Waals surface area contributed by atoms with Crippen LogP contribution in [-0.2, 0) is 6.54 Å². The predicted octanol–water partition coefficient (Wildman–Crippen LogP) is 1.51. The molecule has 0 saturated heterocycles. The van der Waals surface area contributed by atoms with Crippen molar-refractivity contribution in [3.05, 3.63) is 47.7 Å². The highest BCUT2D eigenvalue weighted by Gasteiger charge is 2.23. The second kappa shape index (κ2) is 4.18. The van der Waals surface area contributed by atoms with Gasteiger partial charge in [0.25, 0.3) is 5.91 Å². The van der Waals surface area contributed by atoms with E-state index in [9.17, 15) is 4.79 Å². The van der Waals surface area contributed by atoms with Crippen molar-refractivity contribution in [2.75, 3.05) is 0 Å². The molecule has 5 nitrogen and oxygen atoms in total. The highest BCUT2D eigenvalue weighted by atomic mass is 16.5. The van der Waals surface area contributed by atoms with E-state index in [2.05, 4.69) is 5.10 Å². The zero-order valence-corrected chi connectivity index (χ0v) is 9.74. The van der Waals surface area contributed by atoms with Crippen LogP contribution in [0.4, 0.5) is 0 Å². The second-order valence-corrected chi connectivity index (χ2v) is 4.26. The number of primary amides is 1. The average Bonchev–Trinajstić information content (AvgIpc) is 2.82. The molecule has 0 bridgehead atoms. The quantitative estimate of drug-likeness (QED) is 0.869. The van der Waals surface area contributed by atoms with Gasteiger partial charge in [0.2, 0.25) is 5.88 Å². The van der Waals surface area contributed by atoms with Crippen LogP contribution in [0, 0.1) is 0 Å². The molecule has 1 atom stereocenters. The number of hydrogen-bond acceptors (Lipinski definition) is 3. The van der Waals surface area contributed by atoms with E-state index in [1.165, 1.54) is 0 Å². The predicted molar refractivity (Wildman–Crippen MR) is 65.2 cm³/mol. The Morgan fingerprint density at radius 2 is 2.17 bits per heavy atom. The van der Waals surface area contributed by atoms with Crippen LogP contribution < -0.4 is 10.5 Å². The Kier molecular flexibility index (Phi) is 2.51. The molecule has 1 aromatic heterocycles.